The number of nitrogens with one attached hydrogen (secondary N) is 2. The number of Topliss-reactive ketones (excluding diaryl/α,β-unsaturated/α-hetero) is 1. The SMILES string of the molecule is Cc1ccc2[nH]c(C(=O)N3C[C@@H]4C[C@H]3CN4C(=O)[C@@H](CC(=O)c3cc4ccc(Cl)cc4[nH]3)C(C)(C)C)cc2c1. The molecule has 8 heteroatoms. The number of hydrogen-bond donors (Lipinski definition) is 2. The van der Waals surface area contributed by atoms with Crippen LogP contribution in [-0.4, -0.2) is 62.5 Å². The predicted molar refractivity (Wildman–Crippen MR) is 153 cm³/mol. The van der Waals surface area contributed by atoms with Gasteiger partial charge in [-0.05, 0) is 55.2 Å². The highest BCUT2D eigenvalue weighted by molar-refractivity contribution is 6.31. The average Bonchev–Trinajstić information content (AvgIpc) is 3.66. The maximum absolute atomic E-state index is 13.9. The average molecular weight is 545 g/mol. The van der Waals surface area contributed by atoms with E-state index in [-0.39, 0.29) is 36.1 Å². The van der Waals surface area contributed by atoms with Gasteiger partial charge in [0.25, 0.3) is 5.91 Å². The summed E-state index contributed by atoms with van der Waals surface area (Å²) in [5, 5.41) is 2.53. The lowest BCUT2D eigenvalue weighted by Gasteiger charge is -2.39. The van der Waals surface area contributed by atoms with Crippen LogP contribution >= 0.6 is 11.6 Å². The Bertz CT molecular complexity index is 1630. The van der Waals surface area contributed by atoms with Gasteiger partial charge in [-0.3, -0.25) is 14.4 Å². The Hall–Kier alpha value is -3.58. The van der Waals surface area contributed by atoms with Crippen LogP contribution in [0.1, 0.15) is 60.2 Å². The van der Waals surface area contributed by atoms with Crippen molar-refractivity contribution in [1.29, 1.82) is 0 Å². The van der Waals surface area contributed by atoms with Crippen molar-refractivity contribution in [2.45, 2.75) is 52.6 Å². The number of nitrogens with zero attached hydrogens (tertiary/aromatic N) is 2. The highest BCUT2D eigenvalue weighted by atomic mass is 35.5. The van der Waals surface area contributed by atoms with Gasteiger partial charge in [0.05, 0.1) is 23.7 Å². The quantitative estimate of drug-likeness (QED) is 0.303. The molecule has 6 rings (SSSR count). The summed E-state index contributed by atoms with van der Waals surface area (Å²) in [4.78, 5) is 50.9. The molecule has 2 fully saturated rings. The molecule has 2 aliphatic rings. The van der Waals surface area contributed by atoms with Gasteiger partial charge in [-0.25, -0.2) is 0 Å². The minimum Gasteiger partial charge on any atom is -0.352 e. The molecule has 0 spiro atoms. The third-order valence-electron chi connectivity index (χ3n) is 8.41. The maximum atomic E-state index is 13.9. The standard InChI is InChI=1S/C31H33ClN4O3/c1-17-5-8-24-19(9-17)11-27(33-24)30(39)36-16-21-13-22(36)15-35(21)29(38)23(31(2,3)4)14-28(37)26-10-18-6-7-20(32)12-25(18)34-26/h5-12,21-23,33-34H,13-16H2,1-4H3/t21-,22-,23+/m0/s1. The lowest BCUT2D eigenvalue weighted by molar-refractivity contribution is -0.141. The zero-order valence-corrected chi connectivity index (χ0v) is 23.4. The summed E-state index contributed by atoms with van der Waals surface area (Å²) in [7, 11) is 0. The van der Waals surface area contributed by atoms with Gasteiger partial charge in [0, 0.05) is 46.3 Å². The van der Waals surface area contributed by atoms with E-state index >= 15 is 0 Å². The molecular weight excluding hydrogens is 512 g/mol. The Kier molecular flexibility index (Phi) is 6.10. The maximum Gasteiger partial charge on any atom is 0.270 e. The molecule has 2 bridgehead atoms. The van der Waals surface area contributed by atoms with E-state index in [1.807, 2.05) is 67.8 Å². The number of likely N-dealkylation sites (tertiary alicyclic amines) is 2. The van der Waals surface area contributed by atoms with Crippen molar-refractivity contribution >= 4 is 51.0 Å². The number of benzene rings is 2. The van der Waals surface area contributed by atoms with E-state index in [9.17, 15) is 14.4 Å². The fourth-order valence-electron chi connectivity index (χ4n) is 6.22. The summed E-state index contributed by atoms with van der Waals surface area (Å²) in [5.74, 6) is -0.591. The fraction of sp³-hybridized carbons (Fsp3) is 0.387. The van der Waals surface area contributed by atoms with Crippen LogP contribution < -0.4 is 0 Å². The van der Waals surface area contributed by atoms with Gasteiger partial charge >= 0.3 is 0 Å². The van der Waals surface area contributed by atoms with Crippen LogP contribution in [-0.2, 0) is 4.79 Å². The van der Waals surface area contributed by atoms with Crippen LogP contribution in [0.2, 0.25) is 5.02 Å². The van der Waals surface area contributed by atoms with Crippen LogP contribution in [0.5, 0.6) is 0 Å². The lowest BCUT2D eigenvalue weighted by Crippen LogP contribution is -2.53. The van der Waals surface area contributed by atoms with Gasteiger partial charge in [-0.2, -0.15) is 0 Å². The summed E-state index contributed by atoms with van der Waals surface area (Å²) in [6, 6.07) is 15.2. The Morgan fingerprint density at radius 1 is 0.897 bits per heavy atom. The first-order valence-electron chi connectivity index (χ1n) is 13.5. The van der Waals surface area contributed by atoms with Crippen LogP contribution in [0, 0.1) is 18.3 Å². The molecule has 0 aliphatic carbocycles. The second kappa shape index (κ2) is 9.26. The van der Waals surface area contributed by atoms with E-state index in [2.05, 4.69) is 16.0 Å². The highest BCUT2D eigenvalue weighted by Gasteiger charge is 2.50. The minimum absolute atomic E-state index is 0.00399. The number of aryl methyl sites for hydroxylation is 1. The molecule has 0 radical (unpaired) electrons. The van der Waals surface area contributed by atoms with Crippen LogP contribution in [0.3, 0.4) is 0 Å². The molecule has 2 N–H and O–H groups in total. The van der Waals surface area contributed by atoms with Gasteiger partial charge in [0.15, 0.2) is 5.78 Å². The van der Waals surface area contributed by atoms with Crippen LogP contribution in [0.15, 0.2) is 48.5 Å². The molecule has 0 saturated carbocycles. The molecule has 0 unspecified atom stereocenters. The highest BCUT2D eigenvalue weighted by Crippen LogP contribution is 2.38. The number of piperazine rings is 1. The van der Waals surface area contributed by atoms with E-state index in [1.165, 1.54) is 0 Å². The number of aromatic amines is 2. The number of amides is 2. The lowest BCUT2D eigenvalue weighted by atomic mass is 9.76. The second-order valence-corrected chi connectivity index (χ2v) is 12.7. The molecule has 2 aromatic carbocycles. The topological polar surface area (TPSA) is 89.3 Å². The molecule has 4 aromatic rings. The van der Waals surface area contributed by atoms with Crippen molar-refractivity contribution in [3.63, 3.8) is 0 Å². The van der Waals surface area contributed by atoms with E-state index in [0.717, 1.165) is 33.8 Å². The number of ketones is 1. The number of carbonyl (C=O) groups is 3. The van der Waals surface area contributed by atoms with Crippen molar-refractivity contribution in [1.82, 2.24) is 19.8 Å². The zero-order chi connectivity index (χ0) is 27.6. The summed E-state index contributed by atoms with van der Waals surface area (Å²) < 4.78 is 0. The number of fused-ring (bicyclic) bond motifs is 4. The Labute approximate surface area is 232 Å². The molecule has 2 amide bonds. The van der Waals surface area contributed by atoms with E-state index in [1.54, 1.807) is 12.1 Å². The van der Waals surface area contributed by atoms with Crippen molar-refractivity contribution < 1.29 is 14.4 Å². The van der Waals surface area contributed by atoms with Crippen LogP contribution in [0.4, 0.5) is 0 Å². The molecule has 2 aromatic heterocycles. The molecule has 4 heterocycles. The molecule has 7 nitrogen and oxygen atoms in total. The number of hydrogen-bond acceptors (Lipinski definition) is 3. The van der Waals surface area contributed by atoms with Crippen molar-refractivity contribution in [3.05, 3.63) is 70.5 Å². The molecule has 39 heavy (non-hydrogen) atoms. The van der Waals surface area contributed by atoms with Gasteiger partial charge in [0.2, 0.25) is 5.91 Å². The van der Waals surface area contributed by atoms with Gasteiger partial charge < -0.3 is 19.8 Å². The first-order valence-corrected chi connectivity index (χ1v) is 13.9. The first kappa shape index (κ1) is 25.7. The third kappa shape index (κ3) is 4.63. The second-order valence-electron chi connectivity index (χ2n) is 12.2. The normalized spacial score (nSPS) is 19.8. The third-order valence-corrected chi connectivity index (χ3v) is 8.64. The zero-order valence-electron chi connectivity index (χ0n) is 22.7. The number of aromatic nitrogens is 2. The number of halogens is 1. The van der Waals surface area contributed by atoms with Gasteiger partial charge in [-0.15, -0.1) is 0 Å². The van der Waals surface area contributed by atoms with Gasteiger partial charge in [-0.1, -0.05) is 50.1 Å². The van der Waals surface area contributed by atoms with E-state index < -0.39 is 11.3 Å². The smallest absolute Gasteiger partial charge is 0.270 e. The summed E-state index contributed by atoms with van der Waals surface area (Å²) in [6.45, 7) is 9.08. The van der Waals surface area contributed by atoms with Crippen LogP contribution in [0.25, 0.3) is 21.8 Å². The number of rotatable bonds is 5. The minimum atomic E-state index is -0.472. The fourth-order valence-corrected chi connectivity index (χ4v) is 6.39. The summed E-state index contributed by atoms with van der Waals surface area (Å²) in [5.41, 5.74) is 3.57. The predicted octanol–water partition coefficient (Wildman–Crippen LogP) is 5.97. The Morgan fingerprint density at radius 3 is 2.31 bits per heavy atom. The number of carbonyl (C=O) groups excluding carboxylic acids is 3. The largest absolute Gasteiger partial charge is 0.352 e. The van der Waals surface area contributed by atoms with Crippen molar-refractivity contribution in [3.8, 4) is 0 Å². The van der Waals surface area contributed by atoms with E-state index in [0.29, 0.717) is 29.5 Å². The first-order chi connectivity index (χ1) is 18.5. The molecular formula is C31H33ClN4O3. The van der Waals surface area contributed by atoms with Gasteiger partial charge in [0.1, 0.15) is 5.69 Å². The number of H-pyrrole nitrogens is 2. The molecule has 2 aliphatic heterocycles. The Morgan fingerprint density at radius 2 is 1.59 bits per heavy atom. The van der Waals surface area contributed by atoms with Crippen molar-refractivity contribution in [2.24, 2.45) is 11.3 Å². The Balaban J connectivity index is 1.16. The molecule has 3 atom stereocenters. The molecule has 202 valence electrons. The monoisotopic (exact) mass is 544 g/mol. The van der Waals surface area contributed by atoms with Crippen molar-refractivity contribution in [2.75, 3.05) is 13.1 Å². The van der Waals surface area contributed by atoms with E-state index in [4.69, 9.17) is 11.6 Å². The summed E-state index contributed by atoms with van der Waals surface area (Å²) in [6.07, 6.45) is 0.887. The summed E-state index contributed by atoms with van der Waals surface area (Å²) >= 11 is 6.10. The molecule has 2 saturated heterocycles.